The van der Waals surface area contributed by atoms with Gasteiger partial charge in [-0.3, -0.25) is 15.0 Å². The Kier molecular flexibility index (Phi) is 5.51. The van der Waals surface area contributed by atoms with E-state index in [1.165, 1.54) is 29.3 Å². The molecule has 0 aliphatic heterocycles. The number of carbonyl (C=O) groups is 2. The van der Waals surface area contributed by atoms with Gasteiger partial charge >= 0.3 is 0 Å². The summed E-state index contributed by atoms with van der Waals surface area (Å²) in [7, 11) is -3.34. The summed E-state index contributed by atoms with van der Waals surface area (Å²) < 4.78 is 23.1. The van der Waals surface area contributed by atoms with E-state index in [4.69, 9.17) is 0 Å². The highest BCUT2D eigenvalue weighted by atomic mass is 32.2. The molecule has 0 bridgehead atoms. The van der Waals surface area contributed by atoms with Crippen LogP contribution in [-0.2, 0) is 9.84 Å². The van der Waals surface area contributed by atoms with Gasteiger partial charge < -0.3 is 0 Å². The zero-order valence-corrected chi connectivity index (χ0v) is 16.0. The smallest absolute Gasteiger partial charge is 0.267 e. The van der Waals surface area contributed by atoms with Crippen LogP contribution in [0.15, 0.2) is 59.5 Å². The Labute approximate surface area is 153 Å². The average Bonchev–Trinajstić information content (AvgIpc) is 2.58. The lowest BCUT2D eigenvalue weighted by Crippen LogP contribution is -2.55. The Hall–Kier alpha value is -2.67. The van der Waals surface area contributed by atoms with Gasteiger partial charge in [0.2, 0.25) is 0 Å². The second-order valence-corrected chi connectivity index (χ2v) is 8.93. The average molecular weight is 374 g/mol. The van der Waals surface area contributed by atoms with Crippen LogP contribution in [0, 0.1) is 0 Å². The van der Waals surface area contributed by atoms with Gasteiger partial charge in [-0.1, -0.05) is 18.2 Å². The Morgan fingerprint density at radius 1 is 0.885 bits per heavy atom. The van der Waals surface area contributed by atoms with Crippen molar-refractivity contribution in [3.63, 3.8) is 0 Å². The third-order valence-corrected chi connectivity index (χ3v) is 4.78. The number of hydrogen-bond acceptors (Lipinski definition) is 4. The molecule has 0 aliphatic rings. The molecule has 2 aromatic rings. The van der Waals surface area contributed by atoms with Crippen molar-refractivity contribution in [3.05, 3.63) is 65.7 Å². The second-order valence-electron chi connectivity index (χ2n) is 6.91. The molecule has 0 unspecified atom stereocenters. The predicted octanol–water partition coefficient (Wildman–Crippen LogP) is 2.68. The summed E-state index contributed by atoms with van der Waals surface area (Å²) in [5.41, 5.74) is 2.67. The zero-order chi connectivity index (χ0) is 19.5. The summed E-state index contributed by atoms with van der Waals surface area (Å²) in [6.45, 7) is 5.38. The quantitative estimate of drug-likeness (QED) is 0.837. The molecule has 2 amide bonds. The molecule has 26 heavy (non-hydrogen) atoms. The van der Waals surface area contributed by atoms with Crippen molar-refractivity contribution in [2.24, 2.45) is 0 Å². The number of sulfone groups is 1. The number of hydrogen-bond donors (Lipinski definition) is 1. The summed E-state index contributed by atoms with van der Waals surface area (Å²) in [6.07, 6.45) is 1.10. The van der Waals surface area contributed by atoms with E-state index in [2.05, 4.69) is 5.43 Å². The van der Waals surface area contributed by atoms with Gasteiger partial charge in [-0.25, -0.2) is 13.4 Å². The van der Waals surface area contributed by atoms with Crippen LogP contribution in [0.4, 0.5) is 0 Å². The number of hydrazine groups is 1. The maximum absolute atomic E-state index is 12.9. The summed E-state index contributed by atoms with van der Waals surface area (Å²) in [5, 5.41) is 1.25. The number of nitrogens with one attached hydrogen (secondary N) is 1. The number of rotatable bonds is 3. The van der Waals surface area contributed by atoms with Gasteiger partial charge in [0.1, 0.15) is 0 Å². The highest BCUT2D eigenvalue weighted by Gasteiger charge is 2.29. The van der Waals surface area contributed by atoms with Crippen LogP contribution in [0.1, 0.15) is 41.5 Å². The maximum atomic E-state index is 12.9. The van der Waals surface area contributed by atoms with Crippen molar-refractivity contribution in [2.45, 2.75) is 31.2 Å². The first-order valence-electron chi connectivity index (χ1n) is 8.01. The van der Waals surface area contributed by atoms with Crippen LogP contribution in [0.3, 0.4) is 0 Å². The summed E-state index contributed by atoms with van der Waals surface area (Å²) in [5.74, 6) is -0.830. The first kappa shape index (κ1) is 19.7. The van der Waals surface area contributed by atoms with Crippen LogP contribution in [-0.4, -0.2) is 37.0 Å². The standard InChI is InChI=1S/C19H22N2O4S/c1-19(2,3)21(20-17(22)14-8-6-5-7-9-14)18(23)15-10-12-16(13-11-15)26(4,24)25/h5-13H,1-4H3,(H,20,22). The molecule has 2 aromatic carbocycles. The summed E-state index contributed by atoms with van der Waals surface area (Å²) >= 11 is 0. The summed E-state index contributed by atoms with van der Waals surface area (Å²) in [4.78, 5) is 25.4. The fraction of sp³-hybridized carbons (Fsp3) is 0.263. The molecule has 1 N–H and O–H groups in total. The van der Waals surface area contributed by atoms with E-state index in [9.17, 15) is 18.0 Å². The van der Waals surface area contributed by atoms with Crippen molar-refractivity contribution in [3.8, 4) is 0 Å². The van der Waals surface area contributed by atoms with Crippen molar-refractivity contribution in [2.75, 3.05) is 6.26 Å². The Morgan fingerprint density at radius 3 is 1.88 bits per heavy atom. The molecule has 6 nitrogen and oxygen atoms in total. The topological polar surface area (TPSA) is 83.6 Å². The van der Waals surface area contributed by atoms with E-state index >= 15 is 0 Å². The number of nitrogens with zero attached hydrogens (tertiary/aromatic N) is 1. The van der Waals surface area contributed by atoms with Gasteiger partial charge in [-0.15, -0.1) is 0 Å². The molecule has 0 saturated heterocycles. The third-order valence-electron chi connectivity index (χ3n) is 3.65. The van der Waals surface area contributed by atoms with E-state index in [1.807, 2.05) is 0 Å². The van der Waals surface area contributed by atoms with Gasteiger partial charge in [-0.2, -0.15) is 0 Å². The van der Waals surface area contributed by atoms with Gasteiger partial charge in [0.15, 0.2) is 9.84 Å². The van der Waals surface area contributed by atoms with Crippen LogP contribution < -0.4 is 5.43 Å². The van der Waals surface area contributed by atoms with Crippen LogP contribution in [0.25, 0.3) is 0 Å². The number of amides is 2. The second kappa shape index (κ2) is 7.29. The summed E-state index contributed by atoms with van der Waals surface area (Å²) in [6, 6.07) is 14.2. The fourth-order valence-electron chi connectivity index (χ4n) is 2.25. The monoisotopic (exact) mass is 374 g/mol. The molecule has 0 spiro atoms. The van der Waals surface area contributed by atoms with Crippen molar-refractivity contribution in [1.29, 1.82) is 0 Å². The first-order valence-corrected chi connectivity index (χ1v) is 9.90. The highest BCUT2D eigenvalue weighted by Crippen LogP contribution is 2.17. The highest BCUT2D eigenvalue weighted by molar-refractivity contribution is 7.90. The van der Waals surface area contributed by atoms with Crippen molar-refractivity contribution < 1.29 is 18.0 Å². The zero-order valence-electron chi connectivity index (χ0n) is 15.2. The molecule has 0 radical (unpaired) electrons. The number of carbonyl (C=O) groups excluding carboxylic acids is 2. The minimum atomic E-state index is -3.34. The van der Waals surface area contributed by atoms with E-state index < -0.39 is 27.2 Å². The van der Waals surface area contributed by atoms with Crippen LogP contribution >= 0.6 is 0 Å². The fourth-order valence-corrected chi connectivity index (χ4v) is 2.88. The maximum Gasteiger partial charge on any atom is 0.272 e. The molecule has 0 fully saturated rings. The van der Waals surface area contributed by atoms with Gasteiger partial charge in [0.05, 0.1) is 10.4 Å². The van der Waals surface area contributed by atoms with Crippen molar-refractivity contribution in [1.82, 2.24) is 10.4 Å². The molecule has 0 heterocycles. The molecule has 7 heteroatoms. The van der Waals surface area contributed by atoms with Crippen LogP contribution in [0.2, 0.25) is 0 Å². The SMILES string of the molecule is CC(C)(C)N(NC(=O)c1ccccc1)C(=O)c1ccc(S(C)(=O)=O)cc1. The molecular weight excluding hydrogens is 352 g/mol. The molecule has 2 rings (SSSR count). The number of benzene rings is 2. The largest absolute Gasteiger partial charge is 0.272 e. The molecule has 0 atom stereocenters. The lowest BCUT2D eigenvalue weighted by atomic mass is 10.1. The van der Waals surface area contributed by atoms with E-state index in [1.54, 1.807) is 51.1 Å². The van der Waals surface area contributed by atoms with Crippen molar-refractivity contribution >= 4 is 21.7 Å². The minimum Gasteiger partial charge on any atom is -0.267 e. The molecule has 138 valence electrons. The predicted molar refractivity (Wildman–Crippen MR) is 99.4 cm³/mol. The Balaban J connectivity index is 2.29. The third kappa shape index (κ3) is 4.70. The molecule has 0 aromatic heterocycles. The van der Waals surface area contributed by atoms with Crippen LogP contribution in [0.5, 0.6) is 0 Å². The van der Waals surface area contributed by atoms with Gasteiger partial charge in [0.25, 0.3) is 11.8 Å². The van der Waals surface area contributed by atoms with Gasteiger partial charge in [-0.05, 0) is 57.2 Å². The molecular formula is C19H22N2O4S. The molecule has 0 aliphatic carbocycles. The lowest BCUT2D eigenvalue weighted by molar-refractivity contribution is 0.0358. The normalized spacial score (nSPS) is 11.7. The Morgan fingerprint density at radius 2 is 1.42 bits per heavy atom. The first-order chi connectivity index (χ1) is 12.0. The van der Waals surface area contributed by atoms with Gasteiger partial charge in [0, 0.05) is 17.4 Å². The minimum absolute atomic E-state index is 0.129. The lowest BCUT2D eigenvalue weighted by Gasteiger charge is -2.35. The van der Waals surface area contributed by atoms with E-state index in [-0.39, 0.29) is 10.5 Å². The van der Waals surface area contributed by atoms with E-state index in [0.717, 1.165) is 6.26 Å². The molecule has 0 saturated carbocycles. The Bertz CT molecular complexity index is 899. The van der Waals surface area contributed by atoms with E-state index in [0.29, 0.717) is 5.56 Å².